The van der Waals surface area contributed by atoms with Gasteiger partial charge in [0.05, 0.1) is 5.56 Å². The summed E-state index contributed by atoms with van der Waals surface area (Å²) in [6, 6.07) is 5.72. The molecule has 0 aliphatic heterocycles. The van der Waals surface area contributed by atoms with Gasteiger partial charge in [-0.25, -0.2) is 0 Å². The molecule has 0 fully saturated rings. The highest BCUT2D eigenvalue weighted by Gasteiger charge is 2.19. The van der Waals surface area contributed by atoms with Crippen LogP contribution >= 0.6 is 31.9 Å². The highest BCUT2D eigenvalue weighted by molar-refractivity contribution is 9.10. The lowest BCUT2D eigenvalue weighted by Gasteiger charge is -2.24. The van der Waals surface area contributed by atoms with Crippen LogP contribution in [0.1, 0.15) is 36.2 Å². The second kappa shape index (κ2) is 6.71. The van der Waals surface area contributed by atoms with Gasteiger partial charge in [0.2, 0.25) is 0 Å². The average molecular weight is 377 g/mol. The average Bonchev–Trinajstić information content (AvgIpc) is 2.30. The van der Waals surface area contributed by atoms with Crippen molar-refractivity contribution in [2.75, 3.05) is 11.9 Å². The number of nitrogens with one attached hydrogen (secondary N) is 1. The zero-order valence-corrected chi connectivity index (χ0v) is 14.2. The molecule has 1 rings (SSSR count). The molecule has 100 valence electrons. The van der Waals surface area contributed by atoms with Gasteiger partial charge >= 0.3 is 0 Å². The number of carbonyl (C=O) groups is 1. The molecule has 0 aliphatic carbocycles. The van der Waals surface area contributed by atoms with E-state index in [4.69, 9.17) is 0 Å². The summed E-state index contributed by atoms with van der Waals surface area (Å²) < 4.78 is 0.876. The van der Waals surface area contributed by atoms with Crippen molar-refractivity contribution < 1.29 is 4.79 Å². The van der Waals surface area contributed by atoms with Gasteiger partial charge in [-0.05, 0) is 46.3 Å². The Kier molecular flexibility index (Phi) is 5.86. The van der Waals surface area contributed by atoms with Gasteiger partial charge in [0.25, 0.3) is 5.91 Å². The van der Waals surface area contributed by atoms with Crippen LogP contribution < -0.4 is 5.32 Å². The summed E-state index contributed by atoms with van der Waals surface area (Å²) in [6.07, 6.45) is 1.03. The van der Waals surface area contributed by atoms with Crippen LogP contribution in [0.4, 0.5) is 0 Å². The largest absolute Gasteiger partial charge is 0.351 e. The first kappa shape index (κ1) is 15.7. The lowest BCUT2D eigenvalue weighted by Crippen LogP contribution is -2.34. The quantitative estimate of drug-likeness (QED) is 0.762. The van der Waals surface area contributed by atoms with Crippen molar-refractivity contribution in [1.82, 2.24) is 5.32 Å². The fourth-order valence-corrected chi connectivity index (χ4v) is 3.10. The molecule has 1 amide bonds. The van der Waals surface area contributed by atoms with Crippen LogP contribution in [0.25, 0.3) is 0 Å². The minimum atomic E-state index is -0.0202. The number of carbonyl (C=O) groups excluding carboxylic acids is 1. The number of halogens is 2. The molecular weight excluding hydrogens is 358 g/mol. The van der Waals surface area contributed by atoms with Crippen LogP contribution in [0.5, 0.6) is 0 Å². The molecule has 1 aromatic carbocycles. The van der Waals surface area contributed by atoms with Crippen molar-refractivity contribution in [3.63, 3.8) is 0 Å². The van der Waals surface area contributed by atoms with Crippen molar-refractivity contribution in [3.05, 3.63) is 33.8 Å². The Morgan fingerprint density at radius 3 is 2.67 bits per heavy atom. The van der Waals surface area contributed by atoms with E-state index >= 15 is 0 Å². The molecule has 0 atom stereocenters. The Morgan fingerprint density at radius 2 is 2.06 bits per heavy atom. The van der Waals surface area contributed by atoms with Gasteiger partial charge in [0.15, 0.2) is 0 Å². The smallest absolute Gasteiger partial charge is 0.252 e. The maximum absolute atomic E-state index is 12.1. The van der Waals surface area contributed by atoms with E-state index < -0.39 is 0 Å². The van der Waals surface area contributed by atoms with Gasteiger partial charge in [-0.15, -0.1) is 0 Å². The third-order valence-corrected chi connectivity index (χ3v) is 4.38. The molecule has 0 aromatic heterocycles. The van der Waals surface area contributed by atoms with E-state index in [1.165, 1.54) is 0 Å². The van der Waals surface area contributed by atoms with Crippen LogP contribution in [-0.4, -0.2) is 17.8 Å². The second-order valence-electron chi connectivity index (χ2n) is 5.22. The second-order valence-corrected chi connectivity index (χ2v) is 6.81. The first-order chi connectivity index (χ1) is 8.37. The standard InChI is InChI=1S/C14H19Br2NO/c1-10-5-4-6-11(12(10)16)13(18)17-9-14(2,3)7-8-15/h4-6H,7-9H2,1-3H3,(H,17,18). The first-order valence-corrected chi connectivity index (χ1v) is 7.88. The van der Waals surface area contributed by atoms with E-state index in [0.717, 1.165) is 21.8 Å². The maximum atomic E-state index is 12.1. The van der Waals surface area contributed by atoms with Gasteiger partial charge in [-0.2, -0.15) is 0 Å². The fourth-order valence-electron chi connectivity index (χ4n) is 1.58. The zero-order chi connectivity index (χ0) is 13.8. The molecule has 0 saturated heterocycles. The molecule has 0 heterocycles. The minimum Gasteiger partial charge on any atom is -0.351 e. The topological polar surface area (TPSA) is 29.1 Å². The van der Waals surface area contributed by atoms with E-state index in [1.807, 2.05) is 25.1 Å². The normalized spacial score (nSPS) is 11.4. The Hall–Kier alpha value is -0.350. The number of hydrogen-bond acceptors (Lipinski definition) is 1. The number of benzene rings is 1. The van der Waals surface area contributed by atoms with Crippen LogP contribution in [0.15, 0.2) is 22.7 Å². The Labute approximate surface area is 126 Å². The van der Waals surface area contributed by atoms with E-state index in [-0.39, 0.29) is 11.3 Å². The predicted molar refractivity (Wildman–Crippen MR) is 83.4 cm³/mol. The van der Waals surface area contributed by atoms with Crippen molar-refractivity contribution in [3.8, 4) is 0 Å². The maximum Gasteiger partial charge on any atom is 0.252 e. The molecule has 4 heteroatoms. The zero-order valence-electron chi connectivity index (χ0n) is 11.0. The highest BCUT2D eigenvalue weighted by Crippen LogP contribution is 2.23. The number of hydrogen-bond donors (Lipinski definition) is 1. The van der Waals surface area contributed by atoms with Crippen LogP contribution in [0.3, 0.4) is 0 Å². The van der Waals surface area contributed by atoms with Crippen molar-refractivity contribution in [2.45, 2.75) is 27.2 Å². The molecule has 0 aliphatic rings. The molecule has 1 aromatic rings. The van der Waals surface area contributed by atoms with Gasteiger partial charge in [-0.1, -0.05) is 41.9 Å². The van der Waals surface area contributed by atoms with E-state index in [2.05, 4.69) is 51.0 Å². The van der Waals surface area contributed by atoms with Crippen LogP contribution in [0.2, 0.25) is 0 Å². The number of aryl methyl sites for hydroxylation is 1. The summed E-state index contributed by atoms with van der Waals surface area (Å²) >= 11 is 6.90. The molecule has 0 saturated carbocycles. The predicted octanol–water partition coefficient (Wildman–Crippen LogP) is 4.30. The molecule has 0 bridgehead atoms. The molecule has 18 heavy (non-hydrogen) atoms. The molecule has 1 N–H and O–H groups in total. The minimum absolute atomic E-state index is 0.0202. The molecule has 0 radical (unpaired) electrons. The Balaban J connectivity index is 2.69. The third-order valence-electron chi connectivity index (χ3n) is 2.94. The van der Waals surface area contributed by atoms with Crippen LogP contribution in [-0.2, 0) is 0 Å². The third kappa shape index (κ3) is 4.39. The monoisotopic (exact) mass is 375 g/mol. The summed E-state index contributed by atoms with van der Waals surface area (Å²) in [5.41, 5.74) is 1.88. The number of alkyl halides is 1. The van der Waals surface area contributed by atoms with Crippen LogP contribution in [0, 0.1) is 12.3 Å². The summed E-state index contributed by atoms with van der Waals surface area (Å²) in [6.45, 7) is 6.97. The highest BCUT2D eigenvalue weighted by atomic mass is 79.9. The van der Waals surface area contributed by atoms with Gasteiger partial charge < -0.3 is 5.32 Å². The van der Waals surface area contributed by atoms with Gasteiger partial charge in [0.1, 0.15) is 0 Å². The summed E-state index contributed by atoms with van der Waals surface area (Å²) in [5, 5.41) is 3.95. The molecule has 0 spiro atoms. The first-order valence-electron chi connectivity index (χ1n) is 5.97. The lowest BCUT2D eigenvalue weighted by atomic mass is 9.90. The lowest BCUT2D eigenvalue weighted by molar-refractivity contribution is 0.0935. The number of rotatable bonds is 5. The summed E-state index contributed by atoms with van der Waals surface area (Å²) in [4.78, 5) is 12.1. The SMILES string of the molecule is Cc1cccc(C(=O)NCC(C)(C)CCBr)c1Br. The van der Waals surface area contributed by atoms with Gasteiger partial charge in [-0.3, -0.25) is 4.79 Å². The molecule has 0 unspecified atom stereocenters. The summed E-state index contributed by atoms with van der Waals surface area (Å²) in [5.74, 6) is -0.0202. The van der Waals surface area contributed by atoms with Crippen molar-refractivity contribution >= 4 is 37.8 Å². The van der Waals surface area contributed by atoms with E-state index in [1.54, 1.807) is 0 Å². The van der Waals surface area contributed by atoms with E-state index in [0.29, 0.717) is 12.1 Å². The molecule has 2 nitrogen and oxygen atoms in total. The van der Waals surface area contributed by atoms with E-state index in [9.17, 15) is 4.79 Å². The molecular formula is C14H19Br2NO. The van der Waals surface area contributed by atoms with Crippen molar-refractivity contribution in [1.29, 1.82) is 0 Å². The Morgan fingerprint density at radius 1 is 1.39 bits per heavy atom. The Bertz CT molecular complexity index is 430. The number of amides is 1. The van der Waals surface area contributed by atoms with Gasteiger partial charge in [0, 0.05) is 16.3 Å². The summed E-state index contributed by atoms with van der Waals surface area (Å²) in [7, 11) is 0. The fraction of sp³-hybridized carbons (Fsp3) is 0.500. The van der Waals surface area contributed by atoms with Crippen molar-refractivity contribution in [2.24, 2.45) is 5.41 Å².